The molecule has 5 heteroatoms. The molecule has 0 aliphatic carbocycles. The van der Waals surface area contributed by atoms with Crippen molar-refractivity contribution in [3.8, 4) is 17.0 Å². The number of aryl methyl sites for hydroxylation is 2. The van der Waals surface area contributed by atoms with Crippen LogP contribution >= 0.6 is 0 Å². The van der Waals surface area contributed by atoms with Gasteiger partial charge in [-0.2, -0.15) is 0 Å². The lowest BCUT2D eigenvalue weighted by atomic mass is 10.00. The molecule has 1 aliphatic heterocycles. The fourth-order valence-electron chi connectivity index (χ4n) is 3.86. The molecular weight excluding hydrogens is 360 g/mol. The molecule has 2 N–H and O–H groups in total. The van der Waals surface area contributed by atoms with Crippen molar-refractivity contribution < 1.29 is 4.74 Å². The zero-order valence-corrected chi connectivity index (χ0v) is 17.3. The van der Waals surface area contributed by atoms with Gasteiger partial charge in [-0.25, -0.2) is 9.97 Å². The smallest absolute Gasteiger partial charge is 0.227 e. The van der Waals surface area contributed by atoms with Crippen LogP contribution in [0.4, 0.5) is 11.6 Å². The summed E-state index contributed by atoms with van der Waals surface area (Å²) in [4.78, 5) is 9.10. The van der Waals surface area contributed by atoms with Crippen LogP contribution in [0.3, 0.4) is 0 Å². The van der Waals surface area contributed by atoms with Crippen LogP contribution in [0.15, 0.2) is 54.7 Å². The van der Waals surface area contributed by atoms with E-state index >= 15 is 0 Å². The molecule has 0 unspecified atom stereocenters. The highest BCUT2D eigenvalue weighted by Crippen LogP contribution is 2.27. The number of hydrogen-bond donors (Lipinski definition) is 2. The van der Waals surface area contributed by atoms with Gasteiger partial charge in [-0.3, -0.25) is 0 Å². The van der Waals surface area contributed by atoms with Gasteiger partial charge in [0.15, 0.2) is 0 Å². The van der Waals surface area contributed by atoms with Crippen molar-refractivity contribution in [1.82, 2.24) is 15.3 Å². The fourth-order valence-corrected chi connectivity index (χ4v) is 3.86. The summed E-state index contributed by atoms with van der Waals surface area (Å²) in [6.07, 6.45) is 4.16. The number of ether oxygens (including phenoxy) is 1. The monoisotopic (exact) mass is 388 g/mol. The number of nitrogens with one attached hydrogen (secondary N) is 2. The van der Waals surface area contributed by atoms with E-state index < -0.39 is 0 Å². The summed E-state index contributed by atoms with van der Waals surface area (Å²) in [5.74, 6) is 1.46. The maximum atomic E-state index is 5.98. The molecule has 2 heterocycles. The number of hydrogen-bond acceptors (Lipinski definition) is 5. The zero-order chi connectivity index (χ0) is 20.3. The van der Waals surface area contributed by atoms with Gasteiger partial charge in [0.2, 0.25) is 5.95 Å². The number of nitrogens with zero attached hydrogens (tertiary/aromatic N) is 2. The van der Waals surface area contributed by atoms with Gasteiger partial charge >= 0.3 is 0 Å². The van der Waals surface area contributed by atoms with Crippen LogP contribution in [0.5, 0.6) is 5.75 Å². The van der Waals surface area contributed by atoms with Crippen molar-refractivity contribution in [2.45, 2.75) is 39.2 Å². The molecule has 2 aromatic carbocycles. The van der Waals surface area contributed by atoms with E-state index in [-0.39, 0.29) is 5.54 Å². The van der Waals surface area contributed by atoms with Gasteiger partial charge in [-0.05, 0) is 81.6 Å². The molecule has 1 aliphatic rings. The number of anilines is 2. The topological polar surface area (TPSA) is 59.1 Å². The van der Waals surface area contributed by atoms with E-state index in [0.29, 0.717) is 12.6 Å². The van der Waals surface area contributed by atoms with Gasteiger partial charge in [0.25, 0.3) is 0 Å². The molecular formula is C24H28N4O. The van der Waals surface area contributed by atoms with Crippen LogP contribution in [-0.4, -0.2) is 28.7 Å². The first-order valence-electron chi connectivity index (χ1n) is 10.2. The van der Waals surface area contributed by atoms with Crippen LogP contribution in [0.2, 0.25) is 0 Å². The fraction of sp³-hybridized carbons (Fsp3) is 0.333. The minimum Gasteiger partial charge on any atom is -0.492 e. The molecule has 3 aromatic rings. The summed E-state index contributed by atoms with van der Waals surface area (Å²) in [5, 5.41) is 6.81. The Morgan fingerprint density at radius 2 is 1.83 bits per heavy atom. The number of rotatable bonds is 6. The molecule has 150 valence electrons. The Morgan fingerprint density at radius 1 is 1.07 bits per heavy atom. The summed E-state index contributed by atoms with van der Waals surface area (Å²) in [6, 6.07) is 16.2. The van der Waals surface area contributed by atoms with E-state index in [1.54, 1.807) is 6.20 Å². The van der Waals surface area contributed by atoms with Gasteiger partial charge in [0, 0.05) is 23.0 Å². The van der Waals surface area contributed by atoms with Gasteiger partial charge in [0.1, 0.15) is 12.4 Å². The van der Waals surface area contributed by atoms with Crippen LogP contribution in [0.1, 0.15) is 30.9 Å². The maximum absolute atomic E-state index is 5.98. The third-order valence-corrected chi connectivity index (χ3v) is 5.52. The average molecular weight is 389 g/mol. The van der Waals surface area contributed by atoms with Crippen molar-refractivity contribution >= 4 is 11.6 Å². The quantitative estimate of drug-likeness (QED) is 0.621. The molecule has 0 saturated carbocycles. The normalized spacial score (nSPS) is 18.6. The van der Waals surface area contributed by atoms with Gasteiger partial charge in [-0.1, -0.05) is 18.2 Å². The van der Waals surface area contributed by atoms with E-state index in [4.69, 9.17) is 9.72 Å². The Labute approximate surface area is 172 Å². The Hall–Kier alpha value is -2.92. The van der Waals surface area contributed by atoms with Gasteiger partial charge in [-0.15, -0.1) is 0 Å². The number of benzene rings is 2. The van der Waals surface area contributed by atoms with Crippen LogP contribution < -0.4 is 15.4 Å². The van der Waals surface area contributed by atoms with E-state index in [2.05, 4.69) is 54.6 Å². The predicted molar refractivity (Wildman–Crippen MR) is 118 cm³/mol. The summed E-state index contributed by atoms with van der Waals surface area (Å²) < 4.78 is 5.98. The van der Waals surface area contributed by atoms with Crippen molar-refractivity contribution in [2.75, 3.05) is 18.5 Å². The summed E-state index contributed by atoms with van der Waals surface area (Å²) in [6.45, 7) is 8.19. The first kappa shape index (κ1) is 19.4. The van der Waals surface area contributed by atoms with E-state index in [9.17, 15) is 0 Å². The highest BCUT2D eigenvalue weighted by Gasteiger charge is 2.28. The Morgan fingerprint density at radius 3 is 2.52 bits per heavy atom. The second-order valence-corrected chi connectivity index (χ2v) is 8.06. The largest absolute Gasteiger partial charge is 0.492 e. The number of aromatic nitrogens is 2. The van der Waals surface area contributed by atoms with Crippen LogP contribution in [0, 0.1) is 13.8 Å². The molecule has 29 heavy (non-hydrogen) atoms. The highest BCUT2D eigenvalue weighted by atomic mass is 16.5. The average Bonchev–Trinajstić information content (AvgIpc) is 3.15. The predicted octanol–water partition coefficient (Wildman–Crippen LogP) is 5.02. The lowest BCUT2D eigenvalue weighted by Crippen LogP contribution is -2.42. The standard InChI is InChI=1S/C24H28N4O/c1-17-6-4-7-18(2)22(17)21-12-15-25-23(28-21)27-19-8-10-20(11-9-19)29-16-24(3)13-5-14-26-24/h4,6-12,15,26H,5,13-14,16H2,1-3H3,(H,25,27,28)/t24-/m0/s1. The van der Waals surface area contributed by atoms with E-state index in [1.165, 1.54) is 17.5 Å². The second kappa shape index (κ2) is 8.21. The van der Waals surface area contributed by atoms with Crippen molar-refractivity contribution in [1.29, 1.82) is 0 Å². The lowest BCUT2D eigenvalue weighted by Gasteiger charge is -2.24. The van der Waals surface area contributed by atoms with E-state index in [0.717, 1.165) is 35.7 Å². The molecule has 1 saturated heterocycles. The SMILES string of the molecule is Cc1cccc(C)c1-c1ccnc(Nc2ccc(OC[C@]3(C)CCCN3)cc2)n1. The first-order valence-corrected chi connectivity index (χ1v) is 10.2. The van der Waals surface area contributed by atoms with Gasteiger partial charge < -0.3 is 15.4 Å². The second-order valence-electron chi connectivity index (χ2n) is 8.06. The lowest BCUT2D eigenvalue weighted by molar-refractivity contribution is 0.213. The molecule has 1 aromatic heterocycles. The molecule has 0 bridgehead atoms. The first-order chi connectivity index (χ1) is 14.0. The zero-order valence-electron chi connectivity index (χ0n) is 17.3. The molecule has 1 fully saturated rings. The van der Waals surface area contributed by atoms with Gasteiger partial charge in [0.05, 0.1) is 5.69 Å². The Kier molecular flexibility index (Phi) is 5.49. The molecule has 0 amide bonds. The molecule has 0 spiro atoms. The Balaban J connectivity index is 1.44. The summed E-state index contributed by atoms with van der Waals surface area (Å²) >= 11 is 0. The van der Waals surface area contributed by atoms with Crippen LogP contribution in [0.25, 0.3) is 11.3 Å². The molecule has 4 rings (SSSR count). The summed E-state index contributed by atoms with van der Waals surface area (Å²) in [5.41, 5.74) is 5.52. The van der Waals surface area contributed by atoms with E-state index in [1.807, 2.05) is 30.3 Å². The third kappa shape index (κ3) is 4.57. The molecule has 0 radical (unpaired) electrons. The molecule has 5 nitrogen and oxygen atoms in total. The van der Waals surface area contributed by atoms with Crippen molar-refractivity contribution in [3.63, 3.8) is 0 Å². The van der Waals surface area contributed by atoms with Crippen molar-refractivity contribution in [2.24, 2.45) is 0 Å². The highest BCUT2D eigenvalue weighted by molar-refractivity contribution is 5.68. The maximum Gasteiger partial charge on any atom is 0.227 e. The summed E-state index contributed by atoms with van der Waals surface area (Å²) in [7, 11) is 0. The Bertz CT molecular complexity index is 958. The van der Waals surface area contributed by atoms with Crippen LogP contribution in [-0.2, 0) is 0 Å². The van der Waals surface area contributed by atoms with Crippen molar-refractivity contribution in [3.05, 3.63) is 65.9 Å². The minimum atomic E-state index is 0.0822. The minimum absolute atomic E-state index is 0.0822. The third-order valence-electron chi connectivity index (χ3n) is 5.52. The molecule has 1 atom stereocenters.